The van der Waals surface area contributed by atoms with E-state index in [0.29, 0.717) is 17.1 Å². The maximum absolute atomic E-state index is 12.5. The fourth-order valence-electron chi connectivity index (χ4n) is 5.76. The Morgan fingerprint density at radius 3 is 2.68 bits per heavy atom. The zero-order chi connectivity index (χ0) is 27.9. The van der Waals surface area contributed by atoms with Crippen LogP contribution >= 0.6 is 0 Å². The highest BCUT2D eigenvalue weighted by molar-refractivity contribution is 5.94. The number of carbonyl (C=O) groups excluding carboxylic acids is 1. The Bertz CT molecular complexity index is 1840. The summed E-state index contributed by atoms with van der Waals surface area (Å²) in [5.41, 5.74) is 3.97. The zero-order valence-electron chi connectivity index (χ0n) is 22.7. The van der Waals surface area contributed by atoms with E-state index in [0.717, 1.165) is 59.9 Å². The molecule has 4 aromatic heterocycles. The van der Waals surface area contributed by atoms with Gasteiger partial charge in [0.2, 0.25) is 0 Å². The standard InChI is InChI=1S/C30H27N9O2/c1-3-4-28(40)39-21-6-7-22(39)16-37(15-21)26-10-8-24-29(36-26)30(33-17-31-24)35-20-5-9-25(19(2)13-20)41-23-11-12-38-27(14-23)32-18-34-38/h5,8-14,17-18,21-22H,6-7,15-16H2,1-2H3,(H,31,33,35). The minimum Gasteiger partial charge on any atom is -0.457 e. The predicted molar refractivity (Wildman–Crippen MR) is 154 cm³/mol. The first-order valence-electron chi connectivity index (χ1n) is 13.5. The van der Waals surface area contributed by atoms with Gasteiger partial charge in [-0.25, -0.2) is 24.5 Å². The fourth-order valence-corrected chi connectivity index (χ4v) is 5.76. The highest BCUT2D eigenvalue weighted by Gasteiger charge is 2.42. The lowest BCUT2D eigenvalue weighted by Gasteiger charge is -2.40. The quantitative estimate of drug-likeness (QED) is 0.326. The molecule has 204 valence electrons. The molecule has 2 aliphatic rings. The van der Waals surface area contributed by atoms with E-state index in [4.69, 9.17) is 9.72 Å². The number of anilines is 3. The third-order valence-electron chi connectivity index (χ3n) is 7.66. The van der Waals surface area contributed by atoms with Crippen molar-refractivity contribution >= 4 is 39.9 Å². The summed E-state index contributed by atoms with van der Waals surface area (Å²) < 4.78 is 7.81. The molecule has 5 aromatic rings. The average molecular weight is 546 g/mol. The van der Waals surface area contributed by atoms with Crippen molar-refractivity contribution in [2.45, 2.75) is 38.8 Å². The zero-order valence-corrected chi connectivity index (χ0v) is 22.7. The number of carbonyl (C=O) groups is 1. The van der Waals surface area contributed by atoms with Crippen molar-refractivity contribution in [1.29, 1.82) is 0 Å². The van der Waals surface area contributed by atoms with Crippen LogP contribution in [0.2, 0.25) is 0 Å². The van der Waals surface area contributed by atoms with Gasteiger partial charge in [0, 0.05) is 31.0 Å². The number of amides is 1. The van der Waals surface area contributed by atoms with Gasteiger partial charge in [-0.1, -0.05) is 5.92 Å². The van der Waals surface area contributed by atoms with Crippen LogP contribution in [0.15, 0.2) is 61.3 Å². The van der Waals surface area contributed by atoms with Crippen molar-refractivity contribution in [3.05, 3.63) is 66.9 Å². The number of nitrogens with zero attached hydrogens (tertiary/aromatic N) is 8. The van der Waals surface area contributed by atoms with Gasteiger partial charge in [-0.15, -0.1) is 0 Å². The van der Waals surface area contributed by atoms with E-state index in [9.17, 15) is 4.79 Å². The maximum atomic E-state index is 12.5. The molecule has 41 heavy (non-hydrogen) atoms. The Kier molecular flexibility index (Phi) is 6.08. The maximum Gasteiger partial charge on any atom is 0.299 e. The van der Waals surface area contributed by atoms with E-state index in [1.54, 1.807) is 11.4 Å². The van der Waals surface area contributed by atoms with Gasteiger partial charge in [0.05, 0.1) is 17.6 Å². The molecule has 0 aliphatic carbocycles. The molecule has 1 N–H and O–H groups in total. The Labute approximate surface area is 236 Å². The van der Waals surface area contributed by atoms with Crippen LogP contribution < -0.4 is 15.0 Å². The first-order chi connectivity index (χ1) is 20.1. The van der Waals surface area contributed by atoms with E-state index in [1.807, 2.05) is 60.5 Å². The lowest BCUT2D eigenvalue weighted by molar-refractivity contribution is -0.128. The highest BCUT2D eigenvalue weighted by Crippen LogP contribution is 2.34. The van der Waals surface area contributed by atoms with E-state index < -0.39 is 0 Å². The van der Waals surface area contributed by atoms with Crippen LogP contribution in [0.3, 0.4) is 0 Å². The highest BCUT2D eigenvalue weighted by atomic mass is 16.5. The van der Waals surface area contributed by atoms with Gasteiger partial charge < -0.3 is 19.9 Å². The number of hydrogen-bond acceptors (Lipinski definition) is 9. The minimum absolute atomic E-state index is 0.0749. The third-order valence-corrected chi connectivity index (χ3v) is 7.66. The van der Waals surface area contributed by atoms with Crippen LogP contribution in [0.25, 0.3) is 16.7 Å². The molecule has 2 aliphatic heterocycles. The summed E-state index contributed by atoms with van der Waals surface area (Å²) in [6.45, 7) is 5.16. The van der Waals surface area contributed by atoms with Gasteiger partial charge in [-0.05, 0) is 74.6 Å². The SMILES string of the molecule is CC#CC(=O)N1C2CCC1CN(c1ccc3ncnc(Nc4ccc(Oc5ccn6ncnc6c5)c(C)c4)c3n1)C2. The fraction of sp³-hybridized carbons (Fsp3) is 0.267. The molecule has 0 spiro atoms. The lowest BCUT2D eigenvalue weighted by Crippen LogP contribution is -2.55. The summed E-state index contributed by atoms with van der Waals surface area (Å²) in [5, 5.41) is 7.54. The van der Waals surface area contributed by atoms with Crippen LogP contribution in [-0.2, 0) is 4.79 Å². The van der Waals surface area contributed by atoms with Crippen molar-refractivity contribution in [3.8, 4) is 23.3 Å². The molecule has 11 nitrogen and oxygen atoms in total. The second kappa shape index (κ2) is 10.1. The second-order valence-electron chi connectivity index (χ2n) is 10.3. The molecule has 0 saturated carbocycles. The number of hydrogen-bond donors (Lipinski definition) is 1. The van der Waals surface area contributed by atoms with Crippen LogP contribution in [0.1, 0.15) is 25.3 Å². The van der Waals surface area contributed by atoms with Crippen LogP contribution in [0, 0.1) is 18.8 Å². The number of piperazine rings is 1. The van der Waals surface area contributed by atoms with Gasteiger partial charge in [-0.3, -0.25) is 4.79 Å². The van der Waals surface area contributed by atoms with Crippen molar-refractivity contribution in [2.75, 3.05) is 23.3 Å². The van der Waals surface area contributed by atoms with Gasteiger partial charge >= 0.3 is 0 Å². The molecule has 2 unspecified atom stereocenters. The molecular formula is C30H27N9O2. The normalized spacial score (nSPS) is 17.9. The number of aromatic nitrogens is 6. The van der Waals surface area contributed by atoms with Crippen molar-refractivity contribution in [1.82, 2.24) is 34.4 Å². The molecule has 11 heteroatoms. The molecule has 2 bridgehead atoms. The minimum atomic E-state index is -0.0749. The van der Waals surface area contributed by atoms with Gasteiger partial charge in [-0.2, -0.15) is 5.10 Å². The molecule has 2 saturated heterocycles. The number of aryl methyl sites for hydroxylation is 1. The summed E-state index contributed by atoms with van der Waals surface area (Å²) in [7, 11) is 0. The van der Waals surface area contributed by atoms with Crippen molar-refractivity contribution in [3.63, 3.8) is 0 Å². The summed E-state index contributed by atoms with van der Waals surface area (Å²) in [4.78, 5) is 34.9. The number of pyridine rings is 2. The Morgan fingerprint density at radius 1 is 1.02 bits per heavy atom. The largest absolute Gasteiger partial charge is 0.457 e. The van der Waals surface area contributed by atoms with E-state index in [2.05, 4.69) is 42.1 Å². The Morgan fingerprint density at radius 2 is 1.88 bits per heavy atom. The summed E-state index contributed by atoms with van der Waals surface area (Å²) in [6.07, 6.45) is 6.83. The molecule has 0 radical (unpaired) electrons. The first kappa shape index (κ1) is 24.8. The smallest absolute Gasteiger partial charge is 0.299 e. The molecule has 7 rings (SSSR count). The summed E-state index contributed by atoms with van der Waals surface area (Å²) in [5.74, 6) is 8.28. The summed E-state index contributed by atoms with van der Waals surface area (Å²) in [6, 6.07) is 13.8. The number of fused-ring (bicyclic) bond motifs is 4. The first-order valence-corrected chi connectivity index (χ1v) is 13.5. The van der Waals surface area contributed by atoms with Crippen molar-refractivity contribution in [2.24, 2.45) is 0 Å². The van der Waals surface area contributed by atoms with Gasteiger partial charge in [0.15, 0.2) is 11.5 Å². The van der Waals surface area contributed by atoms with Crippen molar-refractivity contribution < 1.29 is 9.53 Å². The van der Waals surface area contributed by atoms with Crippen LogP contribution in [0.5, 0.6) is 11.5 Å². The van der Waals surface area contributed by atoms with Crippen LogP contribution in [-0.4, -0.2) is 65.5 Å². The number of nitrogens with one attached hydrogen (secondary N) is 1. The molecule has 1 aromatic carbocycles. The van der Waals surface area contributed by atoms with E-state index >= 15 is 0 Å². The molecular weight excluding hydrogens is 518 g/mol. The third kappa shape index (κ3) is 4.63. The van der Waals surface area contributed by atoms with Crippen LogP contribution in [0.4, 0.5) is 17.3 Å². The van der Waals surface area contributed by atoms with Gasteiger partial charge in [0.1, 0.15) is 35.5 Å². The molecule has 6 heterocycles. The molecule has 2 atom stereocenters. The average Bonchev–Trinajstić information content (AvgIpc) is 3.55. The number of ether oxygens (including phenoxy) is 1. The topological polar surface area (TPSA) is 114 Å². The number of benzene rings is 1. The Balaban J connectivity index is 1.11. The lowest BCUT2D eigenvalue weighted by atomic mass is 10.1. The second-order valence-corrected chi connectivity index (χ2v) is 10.3. The van der Waals surface area contributed by atoms with E-state index in [1.165, 1.54) is 12.7 Å². The monoisotopic (exact) mass is 545 g/mol. The Hall–Kier alpha value is -5.24. The predicted octanol–water partition coefficient (Wildman–Crippen LogP) is 4.11. The molecule has 1 amide bonds. The summed E-state index contributed by atoms with van der Waals surface area (Å²) >= 11 is 0. The molecule has 2 fully saturated rings. The van der Waals surface area contributed by atoms with Gasteiger partial charge in [0.25, 0.3) is 5.91 Å². The van der Waals surface area contributed by atoms with E-state index in [-0.39, 0.29) is 18.0 Å². The number of rotatable bonds is 5.